The second-order valence-electron chi connectivity index (χ2n) is 8.50. The van der Waals surface area contributed by atoms with Crippen molar-refractivity contribution in [2.75, 3.05) is 11.9 Å². The molecule has 2 aliphatic rings. The predicted octanol–water partition coefficient (Wildman–Crippen LogP) is 2.09. The molecular formula is C22H24ClF3N4O5. The summed E-state index contributed by atoms with van der Waals surface area (Å²) in [5.74, 6) is -4.59. The Kier molecular flexibility index (Phi) is 8.36. The quantitative estimate of drug-likeness (QED) is 0.353. The van der Waals surface area contributed by atoms with Crippen LogP contribution in [-0.4, -0.2) is 54.2 Å². The van der Waals surface area contributed by atoms with Crippen LogP contribution in [0.15, 0.2) is 18.2 Å². The molecule has 190 valence electrons. The van der Waals surface area contributed by atoms with E-state index >= 15 is 0 Å². The van der Waals surface area contributed by atoms with Gasteiger partial charge < -0.3 is 21.3 Å². The average molecular weight is 517 g/mol. The summed E-state index contributed by atoms with van der Waals surface area (Å²) in [5.41, 5.74) is -0.333. The van der Waals surface area contributed by atoms with Gasteiger partial charge in [0, 0.05) is 29.9 Å². The van der Waals surface area contributed by atoms with Crippen LogP contribution >= 0.6 is 11.6 Å². The number of amides is 4. The summed E-state index contributed by atoms with van der Waals surface area (Å²) >= 11 is 5.96. The summed E-state index contributed by atoms with van der Waals surface area (Å²) in [5, 5.41) is 9.94. The number of hydrogen-bond acceptors (Lipinski definition) is 5. The fraction of sp³-hybridized carbons (Fsp3) is 0.500. The van der Waals surface area contributed by atoms with Crippen LogP contribution in [0, 0.1) is 5.92 Å². The van der Waals surface area contributed by atoms with Gasteiger partial charge in [-0.2, -0.15) is 13.2 Å². The minimum atomic E-state index is -4.53. The summed E-state index contributed by atoms with van der Waals surface area (Å²) in [6.45, 7) is 0.398. The van der Waals surface area contributed by atoms with Crippen molar-refractivity contribution in [3.8, 4) is 0 Å². The third-order valence-electron chi connectivity index (χ3n) is 5.58. The number of Topliss-reactive ketones (excluding diaryl/α,β-unsaturated/α-hetero) is 1. The molecule has 1 saturated heterocycles. The minimum Gasteiger partial charge on any atom is -0.356 e. The number of carbonyl (C=O) groups excluding carboxylic acids is 5. The first-order valence-corrected chi connectivity index (χ1v) is 11.4. The van der Waals surface area contributed by atoms with E-state index in [0.29, 0.717) is 13.0 Å². The predicted molar refractivity (Wildman–Crippen MR) is 119 cm³/mol. The molecule has 4 amide bonds. The molecule has 4 N–H and O–H groups in total. The standard InChI is InChI=1S/C22H24ClF3N4O5/c23-12-1-4-15(29-17(31)5-7-22(24,25)26)14(10-12)20(34)30-16(9-11-6-8-27-19(11)33)18(32)21(35)28-13-2-3-13/h1,4,10-11,13,16H,2-3,5-9H2,(H,27,33)(H,28,35)(H,29,31)(H,30,34)/t11-,16-/m0/s1. The van der Waals surface area contributed by atoms with Crippen LogP contribution in [0.1, 0.15) is 48.9 Å². The molecule has 0 unspecified atom stereocenters. The van der Waals surface area contributed by atoms with Gasteiger partial charge in [-0.05, 0) is 43.9 Å². The third-order valence-corrected chi connectivity index (χ3v) is 5.81. The first kappa shape index (κ1) is 26.5. The van der Waals surface area contributed by atoms with Crippen LogP contribution in [0.25, 0.3) is 0 Å². The lowest BCUT2D eigenvalue weighted by Crippen LogP contribution is -2.49. The minimum absolute atomic E-state index is 0.0907. The molecule has 1 heterocycles. The van der Waals surface area contributed by atoms with Crippen LogP contribution in [0.3, 0.4) is 0 Å². The van der Waals surface area contributed by atoms with Crippen molar-refractivity contribution in [3.63, 3.8) is 0 Å². The molecule has 1 aliphatic heterocycles. The van der Waals surface area contributed by atoms with Gasteiger partial charge in [0.05, 0.1) is 23.7 Å². The first-order valence-electron chi connectivity index (χ1n) is 11.0. The molecule has 1 aromatic rings. The van der Waals surface area contributed by atoms with Gasteiger partial charge in [0.25, 0.3) is 11.8 Å². The zero-order valence-electron chi connectivity index (χ0n) is 18.5. The van der Waals surface area contributed by atoms with Crippen molar-refractivity contribution in [2.45, 2.75) is 56.8 Å². The maximum Gasteiger partial charge on any atom is 0.389 e. The van der Waals surface area contributed by atoms with E-state index in [1.165, 1.54) is 18.2 Å². The molecular weight excluding hydrogens is 493 g/mol. The van der Waals surface area contributed by atoms with E-state index in [1.807, 2.05) is 0 Å². The Morgan fingerprint density at radius 2 is 1.86 bits per heavy atom. The molecule has 0 bridgehead atoms. The number of carbonyl (C=O) groups is 5. The Morgan fingerprint density at radius 1 is 1.14 bits per heavy atom. The number of hydrogen-bond donors (Lipinski definition) is 4. The summed E-state index contributed by atoms with van der Waals surface area (Å²) in [6, 6.07) is 2.28. The van der Waals surface area contributed by atoms with E-state index in [2.05, 4.69) is 21.3 Å². The smallest absolute Gasteiger partial charge is 0.356 e. The van der Waals surface area contributed by atoms with E-state index in [-0.39, 0.29) is 34.6 Å². The molecule has 0 spiro atoms. The van der Waals surface area contributed by atoms with Gasteiger partial charge in [-0.3, -0.25) is 24.0 Å². The van der Waals surface area contributed by atoms with Gasteiger partial charge in [0.2, 0.25) is 17.6 Å². The number of halogens is 4. The highest BCUT2D eigenvalue weighted by atomic mass is 35.5. The Morgan fingerprint density at radius 3 is 2.46 bits per heavy atom. The van der Waals surface area contributed by atoms with Crippen LogP contribution in [-0.2, 0) is 19.2 Å². The molecule has 0 aromatic heterocycles. The number of anilines is 1. The normalized spacial score (nSPS) is 18.4. The SMILES string of the molecule is O=C(CCC(F)(F)F)Nc1ccc(Cl)cc1C(=O)N[C@@H](C[C@@H]1CCNC1=O)C(=O)C(=O)NC1CC1. The van der Waals surface area contributed by atoms with Gasteiger partial charge in [0.15, 0.2) is 0 Å². The van der Waals surface area contributed by atoms with E-state index in [1.54, 1.807) is 0 Å². The van der Waals surface area contributed by atoms with Crippen LogP contribution in [0.5, 0.6) is 0 Å². The largest absolute Gasteiger partial charge is 0.389 e. The summed E-state index contributed by atoms with van der Waals surface area (Å²) in [4.78, 5) is 62.2. The molecule has 35 heavy (non-hydrogen) atoms. The monoisotopic (exact) mass is 516 g/mol. The van der Waals surface area contributed by atoms with Crippen LogP contribution < -0.4 is 21.3 Å². The highest BCUT2D eigenvalue weighted by Crippen LogP contribution is 2.25. The van der Waals surface area contributed by atoms with Crippen molar-refractivity contribution in [1.82, 2.24) is 16.0 Å². The molecule has 9 nitrogen and oxygen atoms in total. The zero-order chi connectivity index (χ0) is 25.8. The molecule has 1 aliphatic carbocycles. The van der Waals surface area contributed by atoms with Crippen molar-refractivity contribution < 1.29 is 37.1 Å². The van der Waals surface area contributed by atoms with Gasteiger partial charge in [0.1, 0.15) is 0 Å². The third kappa shape index (κ3) is 7.94. The topological polar surface area (TPSA) is 133 Å². The molecule has 13 heteroatoms. The van der Waals surface area contributed by atoms with Crippen LogP contribution in [0.2, 0.25) is 5.02 Å². The number of benzene rings is 1. The van der Waals surface area contributed by atoms with Crippen LogP contribution in [0.4, 0.5) is 18.9 Å². The zero-order valence-corrected chi connectivity index (χ0v) is 19.2. The molecule has 3 rings (SSSR count). The maximum absolute atomic E-state index is 13.1. The van der Waals surface area contributed by atoms with Crippen molar-refractivity contribution >= 4 is 46.7 Å². The Bertz CT molecular complexity index is 1030. The van der Waals surface area contributed by atoms with E-state index in [4.69, 9.17) is 11.6 Å². The highest BCUT2D eigenvalue weighted by molar-refractivity contribution is 6.38. The molecule has 1 aromatic carbocycles. The lowest BCUT2D eigenvalue weighted by Gasteiger charge is -2.21. The molecule has 2 fully saturated rings. The average Bonchev–Trinajstić information content (AvgIpc) is 3.51. The number of ketones is 1. The molecule has 1 saturated carbocycles. The number of nitrogens with one attached hydrogen (secondary N) is 4. The lowest BCUT2D eigenvalue weighted by molar-refractivity contribution is -0.142. The fourth-order valence-corrected chi connectivity index (χ4v) is 3.72. The Balaban J connectivity index is 1.76. The Hall–Kier alpha value is -3.15. The number of alkyl halides is 3. The maximum atomic E-state index is 13.1. The summed E-state index contributed by atoms with van der Waals surface area (Å²) < 4.78 is 37.3. The molecule has 2 atom stereocenters. The summed E-state index contributed by atoms with van der Waals surface area (Å²) in [7, 11) is 0. The number of rotatable bonds is 10. The van der Waals surface area contributed by atoms with Gasteiger partial charge in [-0.25, -0.2) is 0 Å². The second kappa shape index (κ2) is 11.1. The van der Waals surface area contributed by atoms with E-state index in [9.17, 15) is 37.1 Å². The van der Waals surface area contributed by atoms with Crippen molar-refractivity contribution in [1.29, 1.82) is 0 Å². The fourth-order valence-electron chi connectivity index (χ4n) is 3.55. The van der Waals surface area contributed by atoms with E-state index < -0.39 is 54.5 Å². The lowest BCUT2D eigenvalue weighted by atomic mass is 9.95. The van der Waals surface area contributed by atoms with E-state index in [0.717, 1.165) is 12.8 Å². The summed E-state index contributed by atoms with van der Waals surface area (Å²) in [6.07, 6.45) is -4.96. The van der Waals surface area contributed by atoms with Crippen molar-refractivity contribution in [2.24, 2.45) is 5.92 Å². The van der Waals surface area contributed by atoms with Crippen molar-refractivity contribution in [3.05, 3.63) is 28.8 Å². The second-order valence-corrected chi connectivity index (χ2v) is 8.94. The van der Waals surface area contributed by atoms with Gasteiger partial charge >= 0.3 is 6.18 Å². The first-order chi connectivity index (χ1) is 16.4. The molecule has 0 radical (unpaired) electrons. The van der Waals surface area contributed by atoms with Gasteiger partial charge in [-0.15, -0.1) is 0 Å². The van der Waals surface area contributed by atoms with Gasteiger partial charge in [-0.1, -0.05) is 11.6 Å². The highest BCUT2D eigenvalue weighted by Gasteiger charge is 2.36. The Labute approximate surface area is 203 Å².